The maximum absolute atomic E-state index is 13.0. The first kappa shape index (κ1) is 27.7. The van der Waals surface area contributed by atoms with Gasteiger partial charge in [0.1, 0.15) is 5.75 Å². The number of nitrogens with zero attached hydrogens (tertiary/aromatic N) is 1. The Bertz CT molecular complexity index is 1250. The number of anilines is 1. The molecule has 1 unspecified atom stereocenters. The monoisotopic (exact) mass is 536 g/mol. The lowest BCUT2D eigenvalue weighted by Crippen LogP contribution is -2.49. The van der Waals surface area contributed by atoms with Gasteiger partial charge < -0.3 is 30.2 Å². The second kappa shape index (κ2) is 10.8. The van der Waals surface area contributed by atoms with Crippen LogP contribution in [0.2, 0.25) is 0 Å². The number of β-amino-alcohol motifs (C(OH)–C–C–N with tert-alkyl or cyclic N) is 1. The number of fused-ring (bicyclic) bond motifs is 1. The minimum atomic E-state index is -4.86. The minimum Gasteiger partial charge on any atom is -0.406 e. The molecule has 0 aliphatic carbocycles. The summed E-state index contributed by atoms with van der Waals surface area (Å²) < 4.78 is 47.7. The third-order valence-corrected chi connectivity index (χ3v) is 6.46. The number of halogens is 3. The molecule has 3 atom stereocenters. The maximum Gasteiger partial charge on any atom is 0.573 e. The number of ether oxygens (including phenoxy) is 2. The normalized spacial score (nSPS) is 21.8. The Labute approximate surface area is 218 Å². The van der Waals surface area contributed by atoms with Gasteiger partial charge in [-0.25, -0.2) is 0 Å². The number of aromatic amines is 1. The molecule has 0 saturated carbocycles. The van der Waals surface area contributed by atoms with Crippen molar-refractivity contribution < 1.29 is 37.3 Å². The van der Waals surface area contributed by atoms with Gasteiger partial charge in [0.15, 0.2) is 0 Å². The van der Waals surface area contributed by atoms with E-state index in [9.17, 15) is 27.9 Å². The van der Waals surface area contributed by atoms with Crippen molar-refractivity contribution in [2.24, 2.45) is 0 Å². The first-order valence-electron chi connectivity index (χ1n) is 12.3. The molecule has 4 rings (SSSR count). The Morgan fingerprint density at radius 2 is 1.97 bits per heavy atom. The van der Waals surface area contributed by atoms with E-state index in [2.05, 4.69) is 25.3 Å². The van der Waals surface area contributed by atoms with Crippen molar-refractivity contribution in [1.82, 2.24) is 15.2 Å². The van der Waals surface area contributed by atoms with Gasteiger partial charge in [0.25, 0.3) is 11.8 Å². The lowest BCUT2D eigenvalue weighted by molar-refractivity contribution is -0.274. The lowest BCUT2D eigenvalue weighted by Gasteiger charge is -2.36. The van der Waals surface area contributed by atoms with E-state index in [1.807, 2.05) is 13.8 Å². The van der Waals surface area contributed by atoms with Crippen LogP contribution in [0, 0.1) is 13.8 Å². The van der Waals surface area contributed by atoms with E-state index in [-0.39, 0.29) is 35.8 Å². The number of nitrogens with one attached hydrogen (secondary N) is 3. The van der Waals surface area contributed by atoms with Gasteiger partial charge in [-0.2, -0.15) is 0 Å². The Balaban J connectivity index is 1.47. The van der Waals surface area contributed by atoms with Crippen LogP contribution in [0.3, 0.4) is 0 Å². The van der Waals surface area contributed by atoms with Crippen LogP contribution in [0.15, 0.2) is 18.2 Å². The molecule has 206 valence electrons. The number of H-pyrrole nitrogens is 1. The average molecular weight is 537 g/mol. The average Bonchev–Trinajstić information content (AvgIpc) is 3.25. The maximum atomic E-state index is 13.0. The Kier molecular flexibility index (Phi) is 7.86. The number of hydrogen-bond donors (Lipinski definition) is 4. The molecule has 1 saturated heterocycles. The number of aryl methyl sites for hydroxylation is 1. The summed E-state index contributed by atoms with van der Waals surface area (Å²) >= 11 is 0. The molecule has 4 N–H and O–H groups in total. The highest BCUT2D eigenvalue weighted by Crippen LogP contribution is 2.37. The molecule has 2 amide bonds. The number of morpholine rings is 1. The van der Waals surface area contributed by atoms with Gasteiger partial charge >= 0.3 is 6.36 Å². The number of hydrogen-bond acceptors (Lipinski definition) is 6. The molecule has 1 fully saturated rings. The van der Waals surface area contributed by atoms with E-state index in [1.165, 1.54) is 12.1 Å². The van der Waals surface area contributed by atoms with E-state index in [0.717, 1.165) is 12.1 Å². The molecule has 38 heavy (non-hydrogen) atoms. The highest BCUT2D eigenvalue weighted by molar-refractivity contribution is 6.35. The van der Waals surface area contributed by atoms with E-state index < -0.39 is 24.1 Å². The van der Waals surface area contributed by atoms with Crippen molar-refractivity contribution in [1.29, 1.82) is 0 Å². The summed E-state index contributed by atoms with van der Waals surface area (Å²) in [4.78, 5) is 30.7. The number of carbonyl (C=O) groups is 2. The fraction of sp³-hybridized carbons (Fsp3) is 0.462. The van der Waals surface area contributed by atoms with Gasteiger partial charge in [-0.05, 0) is 57.5 Å². The molecule has 12 heteroatoms. The predicted molar refractivity (Wildman–Crippen MR) is 135 cm³/mol. The SMILES string of the molecule is Cc1[nH]c(C=C2C(=O)Nc3ccc(OC(F)(F)F)cc32)c(C)c1C(=O)NCC(O)CN1C[C@@H](C)O[C@@H](C)C1. The third kappa shape index (κ3) is 6.37. The number of carbonyl (C=O) groups excluding carboxylic acids is 2. The number of rotatable bonds is 7. The molecule has 2 aliphatic rings. The van der Waals surface area contributed by atoms with Crippen molar-refractivity contribution in [2.45, 2.75) is 52.4 Å². The summed E-state index contributed by atoms with van der Waals surface area (Å²) in [5.41, 5.74) is 2.67. The van der Waals surface area contributed by atoms with Crippen LogP contribution in [0.4, 0.5) is 18.9 Å². The highest BCUT2D eigenvalue weighted by Gasteiger charge is 2.33. The van der Waals surface area contributed by atoms with Crippen molar-refractivity contribution in [2.75, 3.05) is 31.5 Å². The molecule has 3 heterocycles. The summed E-state index contributed by atoms with van der Waals surface area (Å²) in [5.74, 6) is -1.32. The van der Waals surface area contributed by atoms with Crippen LogP contribution < -0.4 is 15.4 Å². The van der Waals surface area contributed by atoms with Gasteiger partial charge in [-0.1, -0.05) is 0 Å². The smallest absolute Gasteiger partial charge is 0.406 e. The number of aliphatic hydroxyl groups excluding tert-OH is 1. The van der Waals surface area contributed by atoms with Crippen molar-refractivity contribution >= 4 is 29.2 Å². The van der Waals surface area contributed by atoms with Crippen LogP contribution >= 0.6 is 0 Å². The van der Waals surface area contributed by atoms with Gasteiger partial charge in [0.2, 0.25) is 0 Å². The second-order valence-corrected chi connectivity index (χ2v) is 9.77. The van der Waals surface area contributed by atoms with Crippen molar-refractivity contribution in [3.05, 3.63) is 46.3 Å². The molecule has 0 bridgehead atoms. The molecule has 2 aromatic rings. The Hall–Kier alpha value is -3.35. The third-order valence-electron chi connectivity index (χ3n) is 6.46. The summed E-state index contributed by atoms with van der Waals surface area (Å²) in [6.07, 6.45) is -4.01. The highest BCUT2D eigenvalue weighted by atomic mass is 19.4. The zero-order chi connectivity index (χ0) is 27.8. The van der Waals surface area contributed by atoms with Crippen LogP contribution in [0.25, 0.3) is 11.6 Å². The van der Waals surface area contributed by atoms with E-state index in [4.69, 9.17) is 4.74 Å². The summed E-state index contributed by atoms with van der Waals surface area (Å²) in [5, 5.41) is 15.9. The number of aromatic nitrogens is 1. The van der Waals surface area contributed by atoms with Gasteiger partial charge in [-0.3, -0.25) is 14.5 Å². The van der Waals surface area contributed by atoms with Gasteiger partial charge in [0.05, 0.1) is 29.4 Å². The van der Waals surface area contributed by atoms with Crippen LogP contribution in [-0.4, -0.2) is 77.7 Å². The number of benzene rings is 1. The van der Waals surface area contributed by atoms with E-state index in [1.54, 1.807) is 13.8 Å². The zero-order valence-corrected chi connectivity index (χ0v) is 21.5. The minimum absolute atomic E-state index is 0.0528. The number of amides is 2. The second-order valence-electron chi connectivity index (χ2n) is 9.77. The van der Waals surface area contributed by atoms with E-state index >= 15 is 0 Å². The molecule has 1 aromatic carbocycles. The molecule has 0 radical (unpaired) electrons. The summed E-state index contributed by atoms with van der Waals surface area (Å²) in [6, 6.07) is 3.60. The van der Waals surface area contributed by atoms with Gasteiger partial charge in [-0.15, -0.1) is 13.2 Å². The molecule has 0 spiro atoms. The standard InChI is InChI=1S/C26H31F3N4O5/c1-13-10-33(11-14(2)37-13)12-17(34)9-30-25(36)23-15(3)22(31-16(23)4)8-20-19-7-18(38-26(27,28)29)5-6-21(19)32-24(20)35/h5-8,13-14,17,31,34H,9-12H2,1-4H3,(H,30,36)(H,32,35)/t13-,14+,17?. The quantitative estimate of drug-likeness (QED) is 0.404. The first-order chi connectivity index (χ1) is 17.8. The molecule has 1 aromatic heterocycles. The van der Waals surface area contributed by atoms with Crippen LogP contribution in [0.1, 0.15) is 46.7 Å². The number of alkyl halides is 3. The zero-order valence-electron chi connectivity index (χ0n) is 21.5. The lowest BCUT2D eigenvalue weighted by atomic mass is 10.0. The van der Waals surface area contributed by atoms with Crippen LogP contribution in [-0.2, 0) is 9.53 Å². The van der Waals surface area contributed by atoms with E-state index in [0.29, 0.717) is 47.8 Å². The fourth-order valence-corrected chi connectivity index (χ4v) is 5.01. The fourth-order valence-electron chi connectivity index (χ4n) is 5.01. The Morgan fingerprint density at radius 1 is 1.29 bits per heavy atom. The molecule has 2 aliphatic heterocycles. The summed E-state index contributed by atoms with van der Waals surface area (Å²) in [7, 11) is 0. The largest absolute Gasteiger partial charge is 0.573 e. The Morgan fingerprint density at radius 3 is 2.63 bits per heavy atom. The molecular weight excluding hydrogens is 505 g/mol. The van der Waals surface area contributed by atoms with Gasteiger partial charge in [0, 0.05) is 48.8 Å². The summed E-state index contributed by atoms with van der Waals surface area (Å²) in [6.45, 7) is 9.21. The topological polar surface area (TPSA) is 116 Å². The van der Waals surface area contributed by atoms with Crippen molar-refractivity contribution in [3.63, 3.8) is 0 Å². The van der Waals surface area contributed by atoms with Crippen LogP contribution in [0.5, 0.6) is 5.75 Å². The predicted octanol–water partition coefficient (Wildman–Crippen LogP) is 3.22. The first-order valence-corrected chi connectivity index (χ1v) is 12.3. The molecular formula is C26H31F3N4O5. The van der Waals surface area contributed by atoms with Crippen molar-refractivity contribution in [3.8, 4) is 5.75 Å². The molecule has 9 nitrogen and oxygen atoms in total. The number of aliphatic hydroxyl groups is 1.